The number of carbonyl (C=O) groups excluding carboxylic acids is 1. The van der Waals surface area contributed by atoms with E-state index in [4.69, 9.17) is 9.47 Å². The summed E-state index contributed by atoms with van der Waals surface area (Å²) in [6, 6.07) is 18.1. The highest BCUT2D eigenvalue weighted by atomic mass is 16.5. The summed E-state index contributed by atoms with van der Waals surface area (Å²) < 4.78 is 10.4. The van der Waals surface area contributed by atoms with Crippen LogP contribution in [0.25, 0.3) is 10.8 Å². The van der Waals surface area contributed by atoms with E-state index in [1.54, 1.807) is 7.11 Å². The lowest BCUT2D eigenvalue weighted by Gasteiger charge is -2.35. The molecule has 1 aliphatic rings. The van der Waals surface area contributed by atoms with Gasteiger partial charge in [0.2, 0.25) is 11.8 Å². The van der Waals surface area contributed by atoms with E-state index in [0.717, 1.165) is 29.9 Å². The predicted molar refractivity (Wildman–Crippen MR) is 116 cm³/mol. The van der Waals surface area contributed by atoms with Crippen molar-refractivity contribution in [3.8, 4) is 5.88 Å². The zero-order valence-corrected chi connectivity index (χ0v) is 17.2. The van der Waals surface area contributed by atoms with Gasteiger partial charge in [-0.05, 0) is 22.4 Å². The Hall–Kier alpha value is -3.19. The molecule has 7 nitrogen and oxygen atoms in total. The summed E-state index contributed by atoms with van der Waals surface area (Å²) in [7, 11) is 1.63. The molecule has 2 aromatic carbocycles. The molecule has 0 saturated carbocycles. The van der Waals surface area contributed by atoms with Crippen LogP contribution in [-0.2, 0) is 16.0 Å². The lowest BCUT2D eigenvalue weighted by molar-refractivity contribution is -0.130. The van der Waals surface area contributed by atoms with E-state index < -0.39 is 0 Å². The molecule has 0 atom stereocenters. The molecule has 1 saturated heterocycles. The van der Waals surface area contributed by atoms with Crippen molar-refractivity contribution in [1.82, 2.24) is 15.1 Å². The van der Waals surface area contributed by atoms with Crippen LogP contribution in [0.2, 0.25) is 0 Å². The van der Waals surface area contributed by atoms with Crippen molar-refractivity contribution < 1.29 is 14.3 Å². The number of aromatic nitrogens is 2. The topological polar surface area (TPSA) is 67.8 Å². The first-order valence-electron chi connectivity index (χ1n) is 10.2. The Bertz CT molecular complexity index is 980. The molecule has 7 heteroatoms. The summed E-state index contributed by atoms with van der Waals surface area (Å²) in [6.45, 7) is 3.79. The van der Waals surface area contributed by atoms with Crippen LogP contribution in [0.15, 0.2) is 54.6 Å². The maximum Gasteiger partial charge on any atom is 0.233 e. The van der Waals surface area contributed by atoms with E-state index >= 15 is 0 Å². The second-order valence-corrected chi connectivity index (χ2v) is 7.25. The molecule has 2 heterocycles. The van der Waals surface area contributed by atoms with Crippen molar-refractivity contribution in [2.24, 2.45) is 0 Å². The Morgan fingerprint density at radius 1 is 0.933 bits per heavy atom. The monoisotopic (exact) mass is 406 g/mol. The van der Waals surface area contributed by atoms with Gasteiger partial charge in [0, 0.05) is 39.4 Å². The van der Waals surface area contributed by atoms with Crippen molar-refractivity contribution in [1.29, 1.82) is 0 Å². The van der Waals surface area contributed by atoms with Gasteiger partial charge in [-0.1, -0.05) is 42.5 Å². The summed E-state index contributed by atoms with van der Waals surface area (Å²) in [5.74, 6) is 1.45. The van der Waals surface area contributed by atoms with Gasteiger partial charge in [-0.25, -0.2) is 0 Å². The third-order valence-electron chi connectivity index (χ3n) is 5.34. The summed E-state index contributed by atoms with van der Waals surface area (Å²) >= 11 is 0. The fraction of sp³-hybridized carbons (Fsp3) is 0.348. The van der Waals surface area contributed by atoms with Crippen LogP contribution in [0.4, 0.5) is 5.82 Å². The minimum Gasteiger partial charge on any atom is -0.474 e. The fourth-order valence-corrected chi connectivity index (χ4v) is 3.69. The van der Waals surface area contributed by atoms with Gasteiger partial charge in [0.25, 0.3) is 0 Å². The lowest BCUT2D eigenvalue weighted by Crippen LogP contribution is -2.49. The normalized spacial score (nSPS) is 14.2. The van der Waals surface area contributed by atoms with Gasteiger partial charge in [0.05, 0.1) is 13.0 Å². The van der Waals surface area contributed by atoms with Crippen LogP contribution in [0.1, 0.15) is 5.56 Å². The molecule has 1 aliphatic heterocycles. The first-order chi connectivity index (χ1) is 14.7. The number of anilines is 1. The first kappa shape index (κ1) is 20.1. The third kappa shape index (κ3) is 4.68. The molecule has 1 amide bonds. The number of carbonyl (C=O) groups is 1. The fourth-order valence-electron chi connectivity index (χ4n) is 3.69. The average Bonchev–Trinajstić information content (AvgIpc) is 2.80. The molecule has 0 unspecified atom stereocenters. The van der Waals surface area contributed by atoms with Gasteiger partial charge in [-0.2, -0.15) is 0 Å². The quantitative estimate of drug-likeness (QED) is 0.562. The molecule has 3 aromatic rings. The smallest absolute Gasteiger partial charge is 0.233 e. The third-order valence-corrected chi connectivity index (χ3v) is 5.34. The molecule has 1 aromatic heterocycles. The van der Waals surface area contributed by atoms with Crippen LogP contribution in [-0.4, -0.2) is 67.5 Å². The van der Waals surface area contributed by atoms with Crippen LogP contribution in [0.5, 0.6) is 5.88 Å². The summed E-state index contributed by atoms with van der Waals surface area (Å²) in [5, 5.41) is 10.7. The molecule has 0 radical (unpaired) electrons. The number of amides is 1. The van der Waals surface area contributed by atoms with Crippen molar-refractivity contribution in [3.05, 3.63) is 60.2 Å². The average molecular weight is 406 g/mol. The van der Waals surface area contributed by atoms with Crippen molar-refractivity contribution in [3.63, 3.8) is 0 Å². The molecule has 4 rings (SSSR count). The molecular formula is C23H26N4O3. The van der Waals surface area contributed by atoms with Crippen LogP contribution in [0, 0.1) is 0 Å². The van der Waals surface area contributed by atoms with Gasteiger partial charge in [0.1, 0.15) is 6.61 Å². The van der Waals surface area contributed by atoms with Gasteiger partial charge in [0.15, 0.2) is 5.82 Å². The molecule has 1 fully saturated rings. The Labute approximate surface area is 176 Å². The van der Waals surface area contributed by atoms with Gasteiger partial charge in [-0.3, -0.25) is 4.79 Å². The SMILES string of the molecule is COCCOc1ccc(N2CCN(C(=O)Cc3cccc4ccccc34)CC2)nn1. The second-order valence-electron chi connectivity index (χ2n) is 7.25. The van der Waals surface area contributed by atoms with E-state index in [1.807, 2.05) is 41.3 Å². The van der Waals surface area contributed by atoms with E-state index in [-0.39, 0.29) is 5.91 Å². The first-order valence-corrected chi connectivity index (χ1v) is 10.2. The number of hydrogen-bond donors (Lipinski definition) is 0. The van der Waals surface area contributed by atoms with Crippen LogP contribution < -0.4 is 9.64 Å². The molecule has 0 aliphatic carbocycles. The minimum atomic E-state index is 0.166. The summed E-state index contributed by atoms with van der Waals surface area (Å²) in [4.78, 5) is 17.0. The zero-order valence-electron chi connectivity index (χ0n) is 17.2. The number of methoxy groups -OCH3 is 1. The van der Waals surface area contributed by atoms with E-state index in [0.29, 0.717) is 38.6 Å². The number of benzene rings is 2. The largest absolute Gasteiger partial charge is 0.474 e. The molecular weight excluding hydrogens is 380 g/mol. The number of fused-ring (bicyclic) bond motifs is 1. The van der Waals surface area contributed by atoms with E-state index in [9.17, 15) is 4.79 Å². The van der Waals surface area contributed by atoms with Gasteiger partial charge < -0.3 is 19.3 Å². The maximum atomic E-state index is 12.9. The van der Waals surface area contributed by atoms with Crippen LogP contribution in [0.3, 0.4) is 0 Å². The highest BCUT2D eigenvalue weighted by molar-refractivity contribution is 5.90. The lowest BCUT2D eigenvalue weighted by atomic mass is 10.0. The number of rotatable bonds is 7. The highest BCUT2D eigenvalue weighted by Gasteiger charge is 2.22. The number of nitrogens with zero attached hydrogens (tertiary/aromatic N) is 4. The maximum absolute atomic E-state index is 12.9. The van der Waals surface area contributed by atoms with Gasteiger partial charge in [-0.15, -0.1) is 10.2 Å². The minimum absolute atomic E-state index is 0.166. The van der Waals surface area contributed by atoms with Crippen molar-refractivity contribution in [2.75, 3.05) is 51.4 Å². The zero-order chi connectivity index (χ0) is 20.8. The Morgan fingerprint density at radius 3 is 2.50 bits per heavy atom. The van der Waals surface area contributed by atoms with Crippen molar-refractivity contribution in [2.45, 2.75) is 6.42 Å². The van der Waals surface area contributed by atoms with Crippen molar-refractivity contribution >= 4 is 22.5 Å². The second kappa shape index (κ2) is 9.54. The Kier molecular flexibility index (Phi) is 6.39. The molecule has 156 valence electrons. The molecule has 0 bridgehead atoms. The Balaban J connectivity index is 1.32. The van der Waals surface area contributed by atoms with E-state index in [2.05, 4.69) is 33.3 Å². The molecule has 30 heavy (non-hydrogen) atoms. The predicted octanol–water partition coefficient (Wildman–Crippen LogP) is 2.55. The number of hydrogen-bond acceptors (Lipinski definition) is 6. The standard InChI is InChI=1S/C23H26N4O3/c1-29-15-16-30-22-10-9-21(24-25-22)26-11-13-27(14-12-26)23(28)17-19-7-4-6-18-5-2-3-8-20(18)19/h2-10H,11-17H2,1H3. The van der Waals surface area contributed by atoms with Gasteiger partial charge >= 0.3 is 0 Å². The Morgan fingerprint density at radius 2 is 1.73 bits per heavy atom. The molecule has 0 spiro atoms. The van der Waals surface area contributed by atoms with E-state index in [1.165, 1.54) is 5.39 Å². The molecule has 0 N–H and O–H groups in total. The van der Waals surface area contributed by atoms with Crippen LogP contribution >= 0.6 is 0 Å². The summed E-state index contributed by atoms with van der Waals surface area (Å²) in [6.07, 6.45) is 0.425. The number of piperazine rings is 1. The number of ether oxygens (including phenoxy) is 2. The highest BCUT2D eigenvalue weighted by Crippen LogP contribution is 2.20. The summed E-state index contributed by atoms with van der Waals surface area (Å²) in [5.41, 5.74) is 1.08.